The smallest absolute Gasteiger partial charge is 0.339 e. The molecule has 1 N–H and O–H groups in total. The molecule has 0 heterocycles. The fourth-order valence-corrected chi connectivity index (χ4v) is 2.65. The molecule has 0 atom stereocenters. The van der Waals surface area contributed by atoms with Crippen molar-refractivity contribution in [1.29, 1.82) is 0 Å². The van der Waals surface area contributed by atoms with Crippen LogP contribution in [-0.2, 0) is 16.0 Å². The fraction of sp³-hybridized carbons (Fsp3) is 0.222. The van der Waals surface area contributed by atoms with E-state index >= 15 is 0 Å². The number of hydrogen-bond acceptors (Lipinski definition) is 3. The molecule has 2 aromatic carbocycles. The number of esters is 1. The summed E-state index contributed by atoms with van der Waals surface area (Å²) in [5, 5.41) is 2.76. The van der Waals surface area contributed by atoms with Gasteiger partial charge >= 0.3 is 5.97 Å². The fourth-order valence-electron chi connectivity index (χ4n) is 2.24. The maximum atomic E-state index is 13.2. The molecule has 4 nitrogen and oxygen atoms in total. The van der Waals surface area contributed by atoms with Crippen molar-refractivity contribution in [3.05, 3.63) is 63.4 Å². The van der Waals surface area contributed by atoms with E-state index < -0.39 is 24.3 Å². The van der Waals surface area contributed by atoms with Gasteiger partial charge in [-0.1, -0.05) is 25.1 Å². The second kappa shape index (κ2) is 8.06. The van der Waals surface area contributed by atoms with Gasteiger partial charge in [0.05, 0.1) is 5.56 Å². The van der Waals surface area contributed by atoms with Crippen molar-refractivity contribution in [2.24, 2.45) is 0 Å². The van der Waals surface area contributed by atoms with Crippen LogP contribution < -0.4 is 5.32 Å². The van der Waals surface area contributed by atoms with Crippen molar-refractivity contribution >= 4 is 33.5 Å². The molecule has 2 rings (SSSR count). The average molecular weight is 394 g/mol. The first-order valence-corrected chi connectivity index (χ1v) is 8.22. The lowest BCUT2D eigenvalue weighted by atomic mass is 10.1. The van der Waals surface area contributed by atoms with Gasteiger partial charge in [-0.3, -0.25) is 4.79 Å². The van der Waals surface area contributed by atoms with E-state index in [0.29, 0.717) is 4.47 Å². The molecule has 0 aliphatic rings. The molecule has 0 saturated heterocycles. The zero-order valence-electron chi connectivity index (χ0n) is 13.4. The maximum Gasteiger partial charge on any atom is 0.339 e. The van der Waals surface area contributed by atoms with Crippen LogP contribution in [0, 0.1) is 12.7 Å². The summed E-state index contributed by atoms with van der Waals surface area (Å²) < 4.78 is 18.6. The van der Waals surface area contributed by atoms with Crippen LogP contribution in [0.3, 0.4) is 0 Å². The molecule has 0 saturated carbocycles. The summed E-state index contributed by atoms with van der Waals surface area (Å²) in [6.45, 7) is 3.44. The average Bonchev–Trinajstić information content (AvgIpc) is 2.56. The second-order valence-electron chi connectivity index (χ2n) is 5.21. The molecule has 0 spiro atoms. The zero-order valence-corrected chi connectivity index (χ0v) is 14.9. The van der Waals surface area contributed by atoms with Gasteiger partial charge in [0, 0.05) is 10.2 Å². The Morgan fingerprint density at radius 1 is 1.25 bits per heavy atom. The first kappa shape index (κ1) is 18.1. The number of amides is 1. The summed E-state index contributed by atoms with van der Waals surface area (Å²) in [6.07, 6.45) is 0.771. The van der Waals surface area contributed by atoms with Crippen molar-refractivity contribution in [3.8, 4) is 0 Å². The van der Waals surface area contributed by atoms with Gasteiger partial charge in [-0.05, 0) is 58.6 Å². The number of benzene rings is 2. The third-order valence-electron chi connectivity index (χ3n) is 3.49. The van der Waals surface area contributed by atoms with E-state index in [4.69, 9.17) is 4.74 Å². The van der Waals surface area contributed by atoms with Crippen LogP contribution in [-0.4, -0.2) is 18.5 Å². The predicted octanol–water partition coefficient (Wildman–Crippen LogP) is 4.25. The molecular weight excluding hydrogens is 377 g/mol. The summed E-state index contributed by atoms with van der Waals surface area (Å²) in [4.78, 5) is 24.0. The Kier molecular flexibility index (Phi) is 6.09. The number of anilines is 1. The van der Waals surface area contributed by atoms with Crippen LogP contribution in [0.25, 0.3) is 0 Å². The first-order chi connectivity index (χ1) is 11.4. The van der Waals surface area contributed by atoms with Crippen LogP contribution in [0.1, 0.15) is 28.4 Å². The van der Waals surface area contributed by atoms with Gasteiger partial charge in [0.15, 0.2) is 6.61 Å². The highest BCUT2D eigenvalue weighted by Gasteiger charge is 2.15. The third kappa shape index (κ3) is 4.41. The van der Waals surface area contributed by atoms with E-state index in [2.05, 4.69) is 21.2 Å². The Balaban J connectivity index is 2.01. The van der Waals surface area contributed by atoms with Gasteiger partial charge in [0.1, 0.15) is 5.82 Å². The minimum absolute atomic E-state index is 0.0351. The van der Waals surface area contributed by atoms with Gasteiger partial charge in [-0.2, -0.15) is 0 Å². The SMILES string of the molecule is CCc1cccc(C)c1NC(=O)COC(=O)c1cc(F)ccc1Br. The number of halogens is 2. The number of hydrogen-bond donors (Lipinski definition) is 1. The summed E-state index contributed by atoms with van der Waals surface area (Å²) in [5.74, 6) is -1.76. The quantitative estimate of drug-likeness (QED) is 0.772. The van der Waals surface area contributed by atoms with E-state index in [1.54, 1.807) is 0 Å². The van der Waals surface area contributed by atoms with Crippen molar-refractivity contribution in [3.63, 3.8) is 0 Å². The molecule has 0 radical (unpaired) electrons. The molecule has 0 fully saturated rings. The minimum atomic E-state index is -0.767. The highest BCUT2D eigenvalue weighted by Crippen LogP contribution is 2.21. The Labute approximate surface area is 148 Å². The topological polar surface area (TPSA) is 55.4 Å². The van der Waals surface area contributed by atoms with Crippen molar-refractivity contribution in [1.82, 2.24) is 0 Å². The van der Waals surface area contributed by atoms with Crippen molar-refractivity contribution in [2.75, 3.05) is 11.9 Å². The summed E-state index contributed by atoms with van der Waals surface area (Å²) in [7, 11) is 0. The Bertz CT molecular complexity index is 777. The van der Waals surface area contributed by atoms with Gasteiger partial charge in [-0.25, -0.2) is 9.18 Å². The number of nitrogens with one attached hydrogen (secondary N) is 1. The first-order valence-electron chi connectivity index (χ1n) is 7.43. The summed E-state index contributed by atoms with van der Waals surface area (Å²) >= 11 is 3.15. The number of carbonyl (C=O) groups is 2. The molecular formula is C18H17BrFNO3. The van der Waals surface area contributed by atoms with E-state index in [0.717, 1.165) is 29.3 Å². The van der Waals surface area contributed by atoms with E-state index in [1.165, 1.54) is 12.1 Å². The van der Waals surface area contributed by atoms with Crippen LogP contribution >= 0.6 is 15.9 Å². The lowest BCUT2D eigenvalue weighted by molar-refractivity contribution is -0.119. The van der Waals surface area contributed by atoms with Crippen molar-refractivity contribution < 1.29 is 18.7 Å². The number of carbonyl (C=O) groups excluding carboxylic acids is 2. The molecule has 6 heteroatoms. The molecule has 0 unspecified atom stereocenters. The molecule has 2 aromatic rings. The number of rotatable bonds is 5. The highest BCUT2D eigenvalue weighted by molar-refractivity contribution is 9.10. The van der Waals surface area contributed by atoms with Crippen molar-refractivity contribution in [2.45, 2.75) is 20.3 Å². The molecule has 126 valence electrons. The van der Waals surface area contributed by atoms with Crippen LogP contribution in [0.4, 0.5) is 10.1 Å². The Hall–Kier alpha value is -2.21. The van der Waals surface area contributed by atoms with E-state index in [1.807, 2.05) is 32.0 Å². The van der Waals surface area contributed by atoms with E-state index in [9.17, 15) is 14.0 Å². The lowest BCUT2D eigenvalue weighted by Gasteiger charge is -2.13. The number of ether oxygens (including phenoxy) is 1. The van der Waals surface area contributed by atoms with Gasteiger partial charge < -0.3 is 10.1 Å². The number of aryl methyl sites for hydroxylation is 2. The van der Waals surface area contributed by atoms with Gasteiger partial charge in [-0.15, -0.1) is 0 Å². The molecule has 0 bridgehead atoms. The predicted molar refractivity (Wildman–Crippen MR) is 93.6 cm³/mol. The second-order valence-corrected chi connectivity index (χ2v) is 6.07. The summed E-state index contributed by atoms with van der Waals surface area (Å²) in [5.41, 5.74) is 2.70. The van der Waals surface area contributed by atoms with Gasteiger partial charge in [0.25, 0.3) is 5.91 Å². The van der Waals surface area contributed by atoms with Crippen LogP contribution in [0.15, 0.2) is 40.9 Å². The molecule has 0 aromatic heterocycles. The van der Waals surface area contributed by atoms with E-state index in [-0.39, 0.29) is 5.56 Å². The molecule has 0 aliphatic carbocycles. The summed E-state index contributed by atoms with van der Waals surface area (Å²) in [6, 6.07) is 9.43. The third-order valence-corrected chi connectivity index (χ3v) is 4.18. The molecule has 24 heavy (non-hydrogen) atoms. The standard InChI is InChI=1S/C18H17BrFNO3/c1-3-12-6-4-5-11(2)17(12)21-16(22)10-24-18(23)14-9-13(20)7-8-15(14)19/h4-9H,3,10H2,1-2H3,(H,21,22). The minimum Gasteiger partial charge on any atom is -0.452 e. The normalized spacial score (nSPS) is 10.3. The monoisotopic (exact) mass is 393 g/mol. The molecule has 1 amide bonds. The Morgan fingerprint density at radius 3 is 2.71 bits per heavy atom. The largest absolute Gasteiger partial charge is 0.452 e. The van der Waals surface area contributed by atoms with Crippen LogP contribution in [0.5, 0.6) is 0 Å². The molecule has 0 aliphatic heterocycles. The number of para-hydroxylation sites is 1. The lowest BCUT2D eigenvalue weighted by Crippen LogP contribution is -2.22. The zero-order chi connectivity index (χ0) is 17.7. The highest BCUT2D eigenvalue weighted by atomic mass is 79.9. The Morgan fingerprint density at radius 2 is 2.00 bits per heavy atom. The van der Waals surface area contributed by atoms with Crippen LogP contribution in [0.2, 0.25) is 0 Å². The van der Waals surface area contributed by atoms with Gasteiger partial charge in [0.2, 0.25) is 0 Å². The maximum absolute atomic E-state index is 13.2.